The van der Waals surface area contributed by atoms with E-state index >= 15 is 0 Å². The molecular formula is C14H19NO2. The van der Waals surface area contributed by atoms with Gasteiger partial charge in [-0.2, -0.15) is 0 Å². The number of nitrogens with zero attached hydrogens (tertiary/aromatic N) is 1. The molecule has 1 aromatic rings. The normalized spacial score (nSPS) is 18.2. The Morgan fingerprint density at radius 2 is 2.00 bits per heavy atom. The average Bonchev–Trinajstić information content (AvgIpc) is 2.33. The quantitative estimate of drug-likeness (QED) is 0.803. The Morgan fingerprint density at radius 3 is 2.53 bits per heavy atom. The molecule has 1 aromatic carbocycles. The first kappa shape index (κ1) is 12.0. The lowest BCUT2D eigenvalue weighted by molar-refractivity contribution is 0.153. The summed E-state index contributed by atoms with van der Waals surface area (Å²) in [5.41, 5.74) is 1.37. The molecule has 1 aliphatic rings. The van der Waals surface area contributed by atoms with Crippen molar-refractivity contribution in [1.29, 1.82) is 0 Å². The van der Waals surface area contributed by atoms with Gasteiger partial charge >= 0.3 is 0 Å². The van der Waals surface area contributed by atoms with Crippen LogP contribution in [0.5, 0.6) is 5.75 Å². The highest BCUT2D eigenvalue weighted by Gasteiger charge is 2.23. The van der Waals surface area contributed by atoms with E-state index in [2.05, 4.69) is 18.8 Å². The van der Waals surface area contributed by atoms with Crippen LogP contribution in [-0.2, 0) is 11.2 Å². The summed E-state index contributed by atoms with van der Waals surface area (Å²) in [6, 6.07) is 8.01. The average molecular weight is 233 g/mol. The number of ether oxygens (including phenoxy) is 2. The fourth-order valence-electron chi connectivity index (χ4n) is 1.70. The van der Waals surface area contributed by atoms with Crippen molar-refractivity contribution in [1.82, 2.24) is 0 Å². The third kappa shape index (κ3) is 3.22. The first-order chi connectivity index (χ1) is 8.09. The van der Waals surface area contributed by atoms with Gasteiger partial charge in [0.1, 0.15) is 5.75 Å². The fraction of sp³-hybridized carbons (Fsp3) is 0.500. The van der Waals surface area contributed by atoms with Crippen LogP contribution in [0.4, 0.5) is 0 Å². The van der Waals surface area contributed by atoms with Gasteiger partial charge < -0.3 is 9.47 Å². The molecule has 17 heavy (non-hydrogen) atoms. The highest BCUT2D eigenvalue weighted by Crippen LogP contribution is 2.21. The molecular weight excluding hydrogens is 214 g/mol. The van der Waals surface area contributed by atoms with Crippen molar-refractivity contribution in [3.63, 3.8) is 0 Å². The second-order valence-corrected chi connectivity index (χ2v) is 5.19. The number of aliphatic imine (C=N–C) groups is 1. The van der Waals surface area contributed by atoms with Gasteiger partial charge in [0.2, 0.25) is 0 Å². The minimum absolute atomic E-state index is 0.170. The van der Waals surface area contributed by atoms with Gasteiger partial charge in [-0.25, -0.2) is 0 Å². The highest BCUT2D eigenvalue weighted by atomic mass is 16.5. The lowest BCUT2D eigenvalue weighted by Gasteiger charge is -2.28. The van der Waals surface area contributed by atoms with E-state index in [1.807, 2.05) is 24.3 Å². The summed E-state index contributed by atoms with van der Waals surface area (Å²) < 4.78 is 10.8. The number of rotatable bonds is 3. The van der Waals surface area contributed by atoms with Crippen LogP contribution in [0, 0.1) is 5.41 Å². The third-order valence-electron chi connectivity index (χ3n) is 2.83. The Hall–Kier alpha value is -1.51. The summed E-state index contributed by atoms with van der Waals surface area (Å²) in [6.45, 7) is 5.93. The summed E-state index contributed by atoms with van der Waals surface area (Å²) in [4.78, 5) is 4.48. The summed E-state index contributed by atoms with van der Waals surface area (Å²) in [5.74, 6) is 1.72. The van der Waals surface area contributed by atoms with E-state index in [9.17, 15) is 0 Å². The molecule has 0 unspecified atom stereocenters. The number of benzene rings is 1. The molecule has 2 rings (SSSR count). The second-order valence-electron chi connectivity index (χ2n) is 5.19. The molecule has 0 N–H and O–H groups in total. The van der Waals surface area contributed by atoms with Crippen LogP contribution in [0.1, 0.15) is 19.4 Å². The molecule has 0 saturated carbocycles. The van der Waals surface area contributed by atoms with Crippen molar-refractivity contribution in [2.75, 3.05) is 20.3 Å². The zero-order valence-corrected chi connectivity index (χ0v) is 10.7. The summed E-state index contributed by atoms with van der Waals surface area (Å²) in [6.07, 6.45) is 0.764. The van der Waals surface area contributed by atoms with E-state index in [1.165, 1.54) is 5.56 Å². The van der Waals surface area contributed by atoms with Crippen LogP contribution in [-0.4, -0.2) is 26.2 Å². The van der Waals surface area contributed by atoms with Gasteiger partial charge in [-0.1, -0.05) is 26.0 Å². The van der Waals surface area contributed by atoms with Crippen molar-refractivity contribution in [3.05, 3.63) is 29.8 Å². The predicted molar refractivity (Wildman–Crippen MR) is 68.7 cm³/mol. The minimum atomic E-state index is 0.170. The Morgan fingerprint density at radius 1 is 1.29 bits per heavy atom. The van der Waals surface area contributed by atoms with E-state index in [-0.39, 0.29) is 5.41 Å². The predicted octanol–water partition coefficient (Wildman–Crippen LogP) is 2.69. The summed E-state index contributed by atoms with van der Waals surface area (Å²) >= 11 is 0. The zero-order valence-electron chi connectivity index (χ0n) is 10.7. The van der Waals surface area contributed by atoms with E-state index < -0.39 is 0 Å². The first-order valence-electron chi connectivity index (χ1n) is 5.88. The largest absolute Gasteiger partial charge is 0.497 e. The van der Waals surface area contributed by atoms with Crippen LogP contribution in [0.3, 0.4) is 0 Å². The Kier molecular flexibility index (Phi) is 3.36. The van der Waals surface area contributed by atoms with E-state index in [0.29, 0.717) is 0 Å². The molecule has 1 heterocycles. The van der Waals surface area contributed by atoms with Gasteiger partial charge in [0.15, 0.2) is 5.90 Å². The first-order valence-corrected chi connectivity index (χ1v) is 5.88. The molecule has 0 amide bonds. The lowest BCUT2D eigenvalue weighted by Crippen LogP contribution is -2.31. The van der Waals surface area contributed by atoms with Gasteiger partial charge in [-0.05, 0) is 17.7 Å². The standard InChI is InChI=1S/C14H19NO2/c1-14(2)9-15-13(17-10-14)8-11-4-6-12(16-3)7-5-11/h4-7H,8-10H2,1-3H3. The van der Waals surface area contributed by atoms with Crippen molar-refractivity contribution >= 4 is 5.90 Å². The molecule has 0 aliphatic carbocycles. The van der Waals surface area contributed by atoms with Crippen LogP contribution < -0.4 is 4.74 Å². The Labute approximate surface area is 102 Å². The van der Waals surface area contributed by atoms with Gasteiger partial charge in [-0.3, -0.25) is 4.99 Å². The van der Waals surface area contributed by atoms with Crippen molar-refractivity contribution in [2.24, 2.45) is 10.4 Å². The van der Waals surface area contributed by atoms with Gasteiger partial charge in [0.05, 0.1) is 20.3 Å². The minimum Gasteiger partial charge on any atom is -0.497 e. The van der Waals surface area contributed by atoms with Crippen LogP contribution in [0.15, 0.2) is 29.3 Å². The molecule has 0 spiro atoms. The van der Waals surface area contributed by atoms with E-state index in [0.717, 1.165) is 31.2 Å². The van der Waals surface area contributed by atoms with Gasteiger partial charge in [0, 0.05) is 11.8 Å². The molecule has 3 heteroatoms. The maximum absolute atomic E-state index is 5.67. The second kappa shape index (κ2) is 4.78. The van der Waals surface area contributed by atoms with E-state index in [4.69, 9.17) is 9.47 Å². The van der Waals surface area contributed by atoms with Crippen LogP contribution >= 0.6 is 0 Å². The maximum atomic E-state index is 5.67. The molecule has 0 fully saturated rings. The van der Waals surface area contributed by atoms with Gasteiger partial charge in [-0.15, -0.1) is 0 Å². The van der Waals surface area contributed by atoms with Crippen LogP contribution in [0.25, 0.3) is 0 Å². The highest BCUT2D eigenvalue weighted by molar-refractivity contribution is 5.79. The molecule has 3 nitrogen and oxygen atoms in total. The zero-order chi connectivity index (χ0) is 12.3. The Balaban J connectivity index is 1.99. The molecule has 0 radical (unpaired) electrons. The van der Waals surface area contributed by atoms with Crippen LogP contribution in [0.2, 0.25) is 0 Å². The number of methoxy groups -OCH3 is 1. The van der Waals surface area contributed by atoms with Crippen molar-refractivity contribution in [3.8, 4) is 5.75 Å². The number of hydrogen-bond acceptors (Lipinski definition) is 3. The SMILES string of the molecule is COc1ccc(CC2=NCC(C)(C)CO2)cc1. The summed E-state index contributed by atoms with van der Waals surface area (Å²) in [7, 11) is 1.67. The van der Waals surface area contributed by atoms with Crippen molar-refractivity contribution < 1.29 is 9.47 Å². The van der Waals surface area contributed by atoms with E-state index in [1.54, 1.807) is 7.11 Å². The Bertz CT molecular complexity index is 407. The number of hydrogen-bond donors (Lipinski definition) is 0. The topological polar surface area (TPSA) is 30.8 Å². The molecule has 0 bridgehead atoms. The monoisotopic (exact) mass is 233 g/mol. The lowest BCUT2D eigenvalue weighted by atomic mass is 9.94. The molecule has 0 saturated heterocycles. The molecule has 92 valence electrons. The third-order valence-corrected chi connectivity index (χ3v) is 2.83. The molecule has 1 aliphatic heterocycles. The smallest absolute Gasteiger partial charge is 0.187 e. The molecule has 0 atom stereocenters. The molecule has 0 aromatic heterocycles. The fourth-order valence-corrected chi connectivity index (χ4v) is 1.70. The van der Waals surface area contributed by atoms with Crippen molar-refractivity contribution in [2.45, 2.75) is 20.3 Å². The maximum Gasteiger partial charge on any atom is 0.187 e. The summed E-state index contributed by atoms with van der Waals surface area (Å²) in [5, 5.41) is 0. The van der Waals surface area contributed by atoms with Gasteiger partial charge in [0.25, 0.3) is 0 Å².